The van der Waals surface area contributed by atoms with Gasteiger partial charge in [-0.3, -0.25) is 4.98 Å². The first-order valence-corrected chi connectivity index (χ1v) is 7.58. The molecule has 4 nitrogen and oxygen atoms in total. The molecule has 0 atom stereocenters. The van der Waals surface area contributed by atoms with Crippen molar-refractivity contribution in [1.82, 2.24) is 9.55 Å². The van der Waals surface area contributed by atoms with Gasteiger partial charge in [-0.05, 0) is 56.3 Å². The SMILES string of the molecule is Cc1cc(C(=O)OCc2ccccn2)c(C)n1-c1ccc(F)cc1. The number of aromatic nitrogens is 2. The number of pyridine rings is 1. The zero-order chi connectivity index (χ0) is 17.1. The molecule has 0 N–H and O–H groups in total. The number of benzene rings is 1. The third kappa shape index (κ3) is 3.20. The molecule has 0 bridgehead atoms. The highest BCUT2D eigenvalue weighted by Gasteiger charge is 2.18. The first-order valence-electron chi connectivity index (χ1n) is 7.58. The summed E-state index contributed by atoms with van der Waals surface area (Å²) in [4.78, 5) is 16.5. The van der Waals surface area contributed by atoms with Crippen molar-refractivity contribution in [1.29, 1.82) is 0 Å². The molecular formula is C19H17FN2O2. The van der Waals surface area contributed by atoms with E-state index in [1.54, 1.807) is 30.5 Å². The van der Waals surface area contributed by atoms with E-state index >= 15 is 0 Å². The fraction of sp³-hybridized carbons (Fsp3) is 0.158. The van der Waals surface area contributed by atoms with Gasteiger partial charge in [0, 0.05) is 23.3 Å². The molecule has 2 aromatic heterocycles. The van der Waals surface area contributed by atoms with Crippen molar-refractivity contribution >= 4 is 5.97 Å². The van der Waals surface area contributed by atoms with Crippen molar-refractivity contribution < 1.29 is 13.9 Å². The third-order valence-electron chi connectivity index (χ3n) is 3.81. The lowest BCUT2D eigenvalue weighted by molar-refractivity contribution is 0.0467. The van der Waals surface area contributed by atoms with Crippen LogP contribution in [0.5, 0.6) is 0 Å². The summed E-state index contributed by atoms with van der Waals surface area (Å²) in [6, 6.07) is 13.4. The Morgan fingerprint density at radius 2 is 1.92 bits per heavy atom. The van der Waals surface area contributed by atoms with Crippen LogP contribution in [-0.2, 0) is 11.3 Å². The zero-order valence-electron chi connectivity index (χ0n) is 13.5. The average Bonchev–Trinajstić information content (AvgIpc) is 2.89. The van der Waals surface area contributed by atoms with Crippen LogP contribution in [0.15, 0.2) is 54.7 Å². The van der Waals surface area contributed by atoms with E-state index in [2.05, 4.69) is 4.98 Å². The van der Waals surface area contributed by atoms with Crippen molar-refractivity contribution in [3.63, 3.8) is 0 Å². The topological polar surface area (TPSA) is 44.1 Å². The van der Waals surface area contributed by atoms with Crippen molar-refractivity contribution in [3.8, 4) is 5.69 Å². The van der Waals surface area contributed by atoms with Gasteiger partial charge in [-0.15, -0.1) is 0 Å². The lowest BCUT2D eigenvalue weighted by Gasteiger charge is -2.10. The lowest BCUT2D eigenvalue weighted by Crippen LogP contribution is -2.08. The molecule has 0 fully saturated rings. The maximum atomic E-state index is 13.1. The number of rotatable bonds is 4. The number of hydrogen-bond acceptors (Lipinski definition) is 3. The number of nitrogens with zero attached hydrogens (tertiary/aromatic N) is 2. The van der Waals surface area contributed by atoms with E-state index in [9.17, 15) is 9.18 Å². The normalized spacial score (nSPS) is 10.6. The third-order valence-corrected chi connectivity index (χ3v) is 3.81. The number of carbonyl (C=O) groups excluding carboxylic acids is 1. The number of aryl methyl sites for hydroxylation is 1. The second-order valence-electron chi connectivity index (χ2n) is 5.49. The van der Waals surface area contributed by atoms with E-state index in [0.717, 1.165) is 17.1 Å². The van der Waals surface area contributed by atoms with Crippen molar-refractivity contribution in [2.45, 2.75) is 20.5 Å². The van der Waals surface area contributed by atoms with Crippen LogP contribution in [0.3, 0.4) is 0 Å². The van der Waals surface area contributed by atoms with Crippen LogP contribution in [0.2, 0.25) is 0 Å². The van der Waals surface area contributed by atoms with Gasteiger partial charge in [0.15, 0.2) is 0 Å². The predicted molar refractivity (Wildman–Crippen MR) is 88.6 cm³/mol. The molecular weight excluding hydrogens is 307 g/mol. The molecule has 0 aliphatic heterocycles. The highest BCUT2D eigenvalue weighted by Crippen LogP contribution is 2.22. The van der Waals surface area contributed by atoms with E-state index < -0.39 is 5.97 Å². The molecule has 1 aromatic carbocycles. The second kappa shape index (κ2) is 6.66. The molecule has 0 unspecified atom stereocenters. The standard InChI is InChI=1S/C19H17FN2O2/c1-13-11-18(19(23)24-12-16-5-3-4-10-21-16)14(2)22(13)17-8-6-15(20)7-9-17/h3-11H,12H2,1-2H3. The van der Waals surface area contributed by atoms with Crippen LogP contribution in [0, 0.1) is 19.7 Å². The van der Waals surface area contributed by atoms with E-state index in [1.807, 2.05) is 30.5 Å². The summed E-state index contributed by atoms with van der Waals surface area (Å²) in [7, 11) is 0. The average molecular weight is 324 g/mol. The van der Waals surface area contributed by atoms with Crippen LogP contribution < -0.4 is 0 Å². The summed E-state index contributed by atoms with van der Waals surface area (Å²) in [5.74, 6) is -0.696. The largest absolute Gasteiger partial charge is 0.456 e. The number of ether oxygens (including phenoxy) is 1. The highest BCUT2D eigenvalue weighted by atomic mass is 19.1. The van der Waals surface area contributed by atoms with Gasteiger partial charge in [-0.25, -0.2) is 9.18 Å². The summed E-state index contributed by atoms with van der Waals surface area (Å²) in [5.41, 5.74) is 3.62. The molecule has 3 aromatic rings. The van der Waals surface area contributed by atoms with Crippen LogP contribution >= 0.6 is 0 Å². The van der Waals surface area contributed by atoms with E-state index in [-0.39, 0.29) is 12.4 Å². The first kappa shape index (κ1) is 15.9. The Morgan fingerprint density at radius 3 is 2.58 bits per heavy atom. The van der Waals surface area contributed by atoms with Gasteiger partial charge in [0.2, 0.25) is 0 Å². The molecule has 0 saturated carbocycles. The molecule has 24 heavy (non-hydrogen) atoms. The molecule has 0 amide bonds. The van der Waals surface area contributed by atoms with Crippen LogP contribution in [0.4, 0.5) is 4.39 Å². The number of halogens is 1. The predicted octanol–water partition coefficient (Wildman–Crippen LogP) is 3.99. The van der Waals surface area contributed by atoms with Crippen LogP contribution in [0.1, 0.15) is 27.4 Å². The van der Waals surface area contributed by atoms with Gasteiger partial charge in [0.05, 0.1) is 11.3 Å². The molecule has 122 valence electrons. The Bertz CT molecular complexity index is 855. The van der Waals surface area contributed by atoms with Gasteiger partial charge in [0.1, 0.15) is 12.4 Å². The quantitative estimate of drug-likeness (QED) is 0.682. The zero-order valence-corrected chi connectivity index (χ0v) is 13.5. The number of carbonyl (C=O) groups is 1. The van der Waals surface area contributed by atoms with E-state index in [4.69, 9.17) is 4.74 Å². The van der Waals surface area contributed by atoms with Gasteiger partial charge < -0.3 is 9.30 Å². The van der Waals surface area contributed by atoms with Gasteiger partial charge >= 0.3 is 5.97 Å². The second-order valence-corrected chi connectivity index (χ2v) is 5.49. The molecule has 0 radical (unpaired) electrons. The molecule has 3 rings (SSSR count). The minimum atomic E-state index is -0.401. The Labute approximate surface area is 139 Å². The fourth-order valence-electron chi connectivity index (χ4n) is 2.66. The van der Waals surface area contributed by atoms with Crippen molar-refractivity contribution in [2.75, 3.05) is 0 Å². The summed E-state index contributed by atoms with van der Waals surface area (Å²) in [5, 5.41) is 0. The van der Waals surface area contributed by atoms with Crippen molar-refractivity contribution in [3.05, 3.63) is 83.2 Å². The molecule has 0 aliphatic rings. The minimum Gasteiger partial charge on any atom is -0.456 e. The van der Waals surface area contributed by atoms with Crippen LogP contribution in [0.25, 0.3) is 5.69 Å². The molecule has 5 heteroatoms. The minimum absolute atomic E-state index is 0.125. The fourth-order valence-corrected chi connectivity index (χ4v) is 2.66. The molecule has 0 aliphatic carbocycles. The Kier molecular flexibility index (Phi) is 4.42. The summed E-state index contributed by atoms with van der Waals surface area (Å²) in [6.07, 6.45) is 1.66. The number of hydrogen-bond donors (Lipinski definition) is 0. The molecule has 0 spiro atoms. The Balaban J connectivity index is 1.83. The van der Waals surface area contributed by atoms with E-state index in [0.29, 0.717) is 11.3 Å². The van der Waals surface area contributed by atoms with Gasteiger partial charge in [-0.1, -0.05) is 6.07 Å². The highest BCUT2D eigenvalue weighted by molar-refractivity contribution is 5.91. The van der Waals surface area contributed by atoms with Crippen LogP contribution in [-0.4, -0.2) is 15.5 Å². The maximum Gasteiger partial charge on any atom is 0.340 e. The lowest BCUT2D eigenvalue weighted by atomic mass is 10.2. The van der Waals surface area contributed by atoms with Gasteiger partial charge in [-0.2, -0.15) is 0 Å². The first-order chi connectivity index (χ1) is 11.6. The van der Waals surface area contributed by atoms with Crippen molar-refractivity contribution in [2.24, 2.45) is 0 Å². The summed E-state index contributed by atoms with van der Waals surface area (Å²) < 4.78 is 20.4. The summed E-state index contributed by atoms with van der Waals surface area (Å²) >= 11 is 0. The molecule has 0 saturated heterocycles. The number of esters is 1. The van der Waals surface area contributed by atoms with Gasteiger partial charge in [0.25, 0.3) is 0 Å². The molecule has 2 heterocycles. The Hall–Kier alpha value is -2.95. The monoisotopic (exact) mass is 324 g/mol. The summed E-state index contributed by atoms with van der Waals surface area (Å²) in [6.45, 7) is 3.86. The maximum absolute atomic E-state index is 13.1. The van der Waals surface area contributed by atoms with E-state index in [1.165, 1.54) is 12.1 Å². The Morgan fingerprint density at radius 1 is 1.17 bits per heavy atom. The smallest absolute Gasteiger partial charge is 0.340 e.